The lowest BCUT2D eigenvalue weighted by molar-refractivity contribution is 0.335. The molecular formula is C13H17N3O2. The van der Waals surface area contributed by atoms with Crippen LogP contribution in [0.1, 0.15) is 36.8 Å². The number of aromatic nitrogens is 2. The van der Waals surface area contributed by atoms with Crippen LogP contribution in [0.2, 0.25) is 0 Å². The first kappa shape index (κ1) is 11.5. The van der Waals surface area contributed by atoms with Crippen molar-refractivity contribution in [2.75, 3.05) is 7.05 Å². The summed E-state index contributed by atoms with van der Waals surface area (Å²) in [5.74, 6) is 2.52. The summed E-state index contributed by atoms with van der Waals surface area (Å²) in [6.45, 7) is 1.90. The minimum Gasteiger partial charge on any atom is -0.469 e. The van der Waals surface area contributed by atoms with Crippen LogP contribution in [0, 0.1) is 6.92 Å². The Morgan fingerprint density at radius 2 is 2.28 bits per heavy atom. The molecule has 3 rings (SSSR count). The lowest BCUT2D eigenvalue weighted by Gasteiger charge is -2.14. The Labute approximate surface area is 106 Å². The van der Waals surface area contributed by atoms with Gasteiger partial charge in [0.1, 0.15) is 5.76 Å². The molecule has 2 aromatic rings. The highest BCUT2D eigenvalue weighted by Gasteiger charge is 2.32. The summed E-state index contributed by atoms with van der Waals surface area (Å²) in [6.07, 6.45) is 5.13. The van der Waals surface area contributed by atoms with Gasteiger partial charge >= 0.3 is 0 Å². The predicted molar refractivity (Wildman–Crippen MR) is 66.2 cm³/mol. The normalized spacial score (nSPS) is 23.7. The number of aryl methyl sites for hydroxylation is 1. The summed E-state index contributed by atoms with van der Waals surface area (Å²) in [6, 6.07) is 2.32. The summed E-state index contributed by atoms with van der Waals surface area (Å²) in [7, 11) is 1.99. The molecule has 1 aliphatic carbocycles. The van der Waals surface area contributed by atoms with Crippen LogP contribution in [-0.2, 0) is 0 Å². The van der Waals surface area contributed by atoms with Crippen LogP contribution in [0.3, 0.4) is 0 Å². The van der Waals surface area contributed by atoms with E-state index >= 15 is 0 Å². The van der Waals surface area contributed by atoms with E-state index in [1.165, 1.54) is 12.8 Å². The third kappa shape index (κ3) is 1.84. The third-order valence-corrected chi connectivity index (χ3v) is 3.75. The maximum atomic E-state index is 5.42. The number of hydrogen-bond acceptors (Lipinski definition) is 5. The molecule has 18 heavy (non-hydrogen) atoms. The Morgan fingerprint density at radius 1 is 1.39 bits per heavy atom. The first-order chi connectivity index (χ1) is 8.79. The van der Waals surface area contributed by atoms with Crippen molar-refractivity contribution in [2.45, 2.75) is 38.1 Å². The van der Waals surface area contributed by atoms with Gasteiger partial charge in [0.05, 0.1) is 17.7 Å². The molecule has 2 heterocycles. The van der Waals surface area contributed by atoms with Gasteiger partial charge in [-0.1, -0.05) is 11.6 Å². The summed E-state index contributed by atoms with van der Waals surface area (Å²) >= 11 is 0. The van der Waals surface area contributed by atoms with Gasteiger partial charge in [0.2, 0.25) is 11.7 Å². The van der Waals surface area contributed by atoms with Gasteiger partial charge in [-0.25, -0.2) is 0 Å². The van der Waals surface area contributed by atoms with Gasteiger partial charge in [0, 0.05) is 6.04 Å². The molecule has 1 aliphatic rings. The van der Waals surface area contributed by atoms with Crippen LogP contribution in [0.5, 0.6) is 0 Å². The van der Waals surface area contributed by atoms with Crippen LogP contribution in [0.15, 0.2) is 21.3 Å². The van der Waals surface area contributed by atoms with Crippen molar-refractivity contribution in [1.29, 1.82) is 0 Å². The molecule has 0 bridgehead atoms. The highest BCUT2D eigenvalue weighted by Crippen LogP contribution is 2.34. The number of furan rings is 1. The second-order valence-electron chi connectivity index (χ2n) is 4.78. The van der Waals surface area contributed by atoms with Crippen LogP contribution in [-0.4, -0.2) is 23.2 Å². The van der Waals surface area contributed by atoms with Gasteiger partial charge in [-0.05, 0) is 32.9 Å². The molecule has 0 amide bonds. The zero-order valence-electron chi connectivity index (χ0n) is 10.6. The van der Waals surface area contributed by atoms with Crippen LogP contribution in [0.4, 0.5) is 0 Å². The van der Waals surface area contributed by atoms with E-state index in [2.05, 4.69) is 15.5 Å². The average molecular weight is 247 g/mol. The standard InChI is InChI=1S/C13H17N3O2/c1-8-9(6-7-17-8)12-15-13(18-16-12)10-4-3-5-11(10)14-2/h6-7,10-11,14H,3-5H2,1-2H3. The first-order valence-electron chi connectivity index (χ1n) is 6.35. The molecule has 1 fully saturated rings. The third-order valence-electron chi connectivity index (χ3n) is 3.75. The Balaban J connectivity index is 1.88. The van der Waals surface area contributed by atoms with Crippen molar-refractivity contribution >= 4 is 0 Å². The average Bonchev–Trinajstić information content (AvgIpc) is 3.06. The Morgan fingerprint density at radius 3 is 3.00 bits per heavy atom. The van der Waals surface area contributed by atoms with Crippen LogP contribution >= 0.6 is 0 Å². The summed E-state index contributed by atoms with van der Waals surface area (Å²) in [4.78, 5) is 4.52. The van der Waals surface area contributed by atoms with Crippen molar-refractivity contribution in [2.24, 2.45) is 0 Å². The molecule has 0 spiro atoms. The van der Waals surface area contributed by atoms with E-state index in [0.29, 0.717) is 17.8 Å². The van der Waals surface area contributed by atoms with E-state index in [9.17, 15) is 0 Å². The highest BCUT2D eigenvalue weighted by molar-refractivity contribution is 5.56. The van der Waals surface area contributed by atoms with Gasteiger partial charge in [-0.2, -0.15) is 4.98 Å². The fourth-order valence-corrected chi connectivity index (χ4v) is 2.71. The number of nitrogens with one attached hydrogen (secondary N) is 1. The summed E-state index contributed by atoms with van der Waals surface area (Å²) in [5.41, 5.74) is 0.906. The van der Waals surface area contributed by atoms with Gasteiger partial charge in [-0.15, -0.1) is 0 Å². The predicted octanol–water partition coefficient (Wildman–Crippen LogP) is 2.49. The van der Waals surface area contributed by atoms with E-state index in [1.807, 2.05) is 20.0 Å². The monoisotopic (exact) mass is 247 g/mol. The molecule has 1 saturated carbocycles. The van der Waals surface area contributed by atoms with Gasteiger partial charge in [0.25, 0.3) is 0 Å². The maximum Gasteiger partial charge on any atom is 0.231 e. The Bertz CT molecular complexity index is 532. The molecule has 0 saturated heterocycles. The summed E-state index contributed by atoms with van der Waals surface area (Å²) in [5, 5.41) is 7.38. The fraction of sp³-hybridized carbons (Fsp3) is 0.538. The molecule has 0 radical (unpaired) electrons. The van der Waals surface area contributed by atoms with Crippen molar-refractivity contribution < 1.29 is 8.94 Å². The largest absolute Gasteiger partial charge is 0.469 e. The highest BCUT2D eigenvalue weighted by atomic mass is 16.5. The van der Waals surface area contributed by atoms with Crippen molar-refractivity contribution in [3.05, 3.63) is 24.0 Å². The lowest BCUT2D eigenvalue weighted by Crippen LogP contribution is -2.27. The number of rotatable bonds is 3. The molecule has 96 valence electrons. The number of likely N-dealkylation sites (N-methyl/N-ethyl adjacent to an activating group) is 1. The SMILES string of the molecule is CNC1CCCC1c1nc(-c2ccoc2C)no1. The molecule has 5 heteroatoms. The molecule has 2 aromatic heterocycles. The van der Waals surface area contributed by atoms with E-state index in [4.69, 9.17) is 8.94 Å². The minimum atomic E-state index is 0.337. The zero-order valence-corrected chi connectivity index (χ0v) is 10.6. The molecule has 2 unspecified atom stereocenters. The Kier molecular flexibility index (Phi) is 2.91. The van der Waals surface area contributed by atoms with Crippen molar-refractivity contribution in [1.82, 2.24) is 15.5 Å². The maximum absolute atomic E-state index is 5.42. The number of nitrogens with zero attached hydrogens (tertiary/aromatic N) is 2. The molecule has 2 atom stereocenters. The van der Waals surface area contributed by atoms with Crippen LogP contribution < -0.4 is 5.32 Å². The Hall–Kier alpha value is -1.62. The van der Waals surface area contributed by atoms with Gasteiger partial charge < -0.3 is 14.3 Å². The van der Waals surface area contributed by atoms with E-state index < -0.39 is 0 Å². The van der Waals surface area contributed by atoms with Crippen LogP contribution in [0.25, 0.3) is 11.4 Å². The molecule has 5 nitrogen and oxygen atoms in total. The molecule has 0 aromatic carbocycles. The molecule has 0 aliphatic heterocycles. The van der Waals surface area contributed by atoms with Gasteiger partial charge in [0.15, 0.2) is 0 Å². The molecule has 1 N–H and O–H groups in total. The smallest absolute Gasteiger partial charge is 0.231 e. The van der Waals surface area contributed by atoms with Crippen molar-refractivity contribution in [3.63, 3.8) is 0 Å². The van der Waals surface area contributed by atoms with Crippen molar-refractivity contribution in [3.8, 4) is 11.4 Å². The first-order valence-corrected chi connectivity index (χ1v) is 6.35. The quantitative estimate of drug-likeness (QED) is 0.902. The zero-order chi connectivity index (χ0) is 12.5. The number of hydrogen-bond donors (Lipinski definition) is 1. The topological polar surface area (TPSA) is 64.1 Å². The fourth-order valence-electron chi connectivity index (χ4n) is 2.71. The second kappa shape index (κ2) is 4.57. The van der Waals surface area contributed by atoms with E-state index in [0.717, 1.165) is 23.6 Å². The van der Waals surface area contributed by atoms with Gasteiger partial charge in [-0.3, -0.25) is 0 Å². The molecular weight excluding hydrogens is 230 g/mol. The second-order valence-corrected chi connectivity index (χ2v) is 4.78. The summed E-state index contributed by atoms with van der Waals surface area (Å²) < 4.78 is 10.7. The van der Waals surface area contributed by atoms with E-state index in [-0.39, 0.29) is 0 Å². The lowest BCUT2D eigenvalue weighted by atomic mass is 10.0. The minimum absolute atomic E-state index is 0.337. The van der Waals surface area contributed by atoms with E-state index in [1.54, 1.807) is 6.26 Å².